The maximum atomic E-state index is 13.2. The van der Waals surface area contributed by atoms with Gasteiger partial charge in [0.2, 0.25) is 5.91 Å². The van der Waals surface area contributed by atoms with Crippen molar-refractivity contribution in [3.05, 3.63) is 59.9 Å². The number of rotatable bonds is 3. The van der Waals surface area contributed by atoms with Crippen molar-refractivity contribution in [2.45, 2.75) is 44.2 Å². The summed E-state index contributed by atoms with van der Waals surface area (Å²) >= 11 is 0. The van der Waals surface area contributed by atoms with E-state index in [-0.39, 0.29) is 18.0 Å². The first-order valence-corrected chi connectivity index (χ1v) is 10.9. The number of likely N-dealkylation sites (tertiary alicyclic amines) is 1. The van der Waals surface area contributed by atoms with Crippen molar-refractivity contribution in [1.82, 2.24) is 14.4 Å². The number of piperidine rings is 3. The van der Waals surface area contributed by atoms with Crippen LogP contribution in [0, 0.1) is 11.8 Å². The molecule has 2 aromatic rings. The summed E-state index contributed by atoms with van der Waals surface area (Å²) in [5, 5.41) is 0. The van der Waals surface area contributed by atoms with Crippen LogP contribution in [0.15, 0.2) is 48.7 Å². The van der Waals surface area contributed by atoms with E-state index in [9.17, 15) is 9.59 Å². The Labute approximate surface area is 172 Å². The van der Waals surface area contributed by atoms with Crippen LogP contribution >= 0.6 is 0 Å². The van der Waals surface area contributed by atoms with Crippen LogP contribution in [0.2, 0.25) is 0 Å². The number of carbonyl (C=O) groups excluding carboxylic acids is 2. The minimum Gasteiger partial charge on any atom is -0.347 e. The maximum Gasteiger partial charge on any atom is 0.270 e. The fraction of sp³-hybridized carbons (Fsp3) is 0.500. The summed E-state index contributed by atoms with van der Waals surface area (Å²) in [6, 6.07) is 14.8. The third kappa shape index (κ3) is 3.26. The van der Waals surface area contributed by atoms with Crippen molar-refractivity contribution >= 4 is 11.8 Å². The van der Waals surface area contributed by atoms with Crippen LogP contribution in [-0.2, 0) is 18.3 Å². The quantitative estimate of drug-likeness (QED) is 0.807. The zero-order chi connectivity index (χ0) is 20.0. The first-order valence-electron chi connectivity index (χ1n) is 10.9. The average molecular weight is 392 g/mol. The number of benzene rings is 1. The maximum absolute atomic E-state index is 13.2. The van der Waals surface area contributed by atoms with Gasteiger partial charge in [0.15, 0.2) is 0 Å². The molecule has 4 atom stereocenters. The highest BCUT2D eigenvalue weighted by Crippen LogP contribution is 2.42. The van der Waals surface area contributed by atoms with Crippen LogP contribution in [0.1, 0.15) is 41.7 Å². The van der Waals surface area contributed by atoms with E-state index in [4.69, 9.17) is 0 Å². The second-order valence-electron chi connectivity index (χ2n) is 8.99. The monoisotopic (exact) mass is 391 g/mol. The summed E-state index contributed by atoms with van der Waals surface area (Å²) in [6.07, 6.45) is 6.66. The molecule has 5 heteroatoms. The summed E-state index contributed by atoms with van der Waals surface area (Å²) in [5.74, 6) is 1.19. The molecular formula is C24H29N3O2. The normalized spacial score (nSPS) is 28.9. The van der Waals surface area contributed by atoms with Gasteiger partial charge in [0, 0.05) is 44.8 Å². The van der Waals surface area contributed by atoms with Gasteiger partial charge in [-0.1, -0.05) is 30.3 Å². The molecule has 2 amide bonds. The molecule has 3 aliphatic rings. The molecule has 0 N–H and O–H groups in total. The Morgan fingerprint density at radius 3 is 2.62 bits per heavy atom. The molecule has 4 heterocycles. The van der Waals surface area contributed by atoms with E-state index in [0.29, 0.717) is 24.2 Å². The van der Waals surface area contributed by atoms with Crippen molar-refractivity contribution in [2.75, 3.05) is 13.1 Å². The second kappa shape index (κ2) is 7.36. The van der Waals surface area contributed by atoms with E-state index in [1.807, 2.05) is 36.0 Å². The largest absolute Gasteiger partial charge is 0.347 e. The molecule has 3 aliphatic heterocycles. The molecule has 5 nitrogen and oxygen atoms in total. The molecule has 152 valence electrons. The van der Waals surface area contributed by atoms with E-state index in [0.717, 1.165) is 44.5 Å². The Kier molecular flexibility index (Phi) is 4.69. The number of hydrogen-bond donors (Lipinski definition) is 0. The number of aromatic nitrogens is 1. The summed E-state index contributed by atoms with van der Waals surface area (Å²) in [4.78, 5) is 30.5. The molecular weight excluding hydrogens is 362 g/mol. The lowest BCUT2D eigenvalue weighted by atomic mass is 9.70. The lowest BCUT2D eigenvalue weighted by Gasteiger charge is -2.56. The Morgan fingerprint density at radius 2 is 1.86 bits per heavy atom. The summed E-state index contributed by atoms with van der Waals surface area (Å²) in [7, 11) is 1.93. The first-order chi connectivity index (χ1) is 14.1. The summed E-state index contributed by atoms with van der Waals surface area (Å²) in [5.41, 5.74) is 2.03. The van der Waals surface area contributed by atoms with Gasteiger partial charge >= 0.3 is 0 Å². The zero-order valence-corrected chi connectivity index (χ0v) is 17.0. The lowest BCUT2D eigenvalue weighted by molar-refractivity contribution is -0.151. The molecule has 0 spiro atoms. The smallest absolute Gasteiger partial charge is 0.270 e. The van der Waals surface area contributed by atoms with E-state index >= 15 is 0 Å². The molecule has 0 radical (unpaired) electrons. The predicted octanol–water partition coefficient (Wildman–Crippen LogP) is 3.11. The Morgan fingerprint density at radius 1 is 1.07 bits per heavy atom. The van der Waals surface area contributed by atoms with E-state index < -0.39 is 0 Å². The van der Waals surface area contributed by atoms with Gasteiger partial charge < -0.3 is 14.4 Å². The van der Waals surface area contributed by atoms with Gasteiger partial charge in [-0.2, -0.15) is 0 Å². The average Bonchev–Trinajstić information content (AvgIpc) is 3.17. The summed E-state index contributed by atoms with van der Waals surface area (Å²) < 4.78 is 1.91. The zero-order valence-electron chi connectivity index (χ0n) is 17.0. The van der Waals surface area contributed by atoms with Gasteiger partial charge in [0.05, 0.1) is 0 Å². The number of carbonyl (C=O) groups is 2. The number of aryl methyl sites for hydroxylation is 1. The Bertz CT molecular complexity index is 906. The SMILES string of the molecule is Cn1cccc1C(=O)N1C[C@H]2C[C@@H](C1)[C@H](Cc1ccccc1)N1C(=O)CCC[C@@H]21. The lowest BCUT2D eigenvalue weighted by Crippen LogP contribution is -2.66. The van der Waals surface area contributed by atoms with Crippen molar-refractivity contribution in [2.24, 2.45) is 18.9 Å². The van der Waals surface area contributed by atoms with Crippen molar-refractivity contribution in [3.8, 4) is 0 Å². The van der Waals surface area contributed by atoms with Crippen molar-refractivity contribution < 1.29 is 9.59 Å². The first kappa shape index (κ1) is 18.5. The van der Waals surface area contributed by atoms with Gasteiger partial charge in [-0.15, -0.1) is 0 Å². The van der Waals surface area contributed by atoms with Crippen LogP contribution in [-0.4, -0.2) is 51.4 Å². The highest BCUT2D eigenvalue weighted by molar-refractivity contribution is 5.93. The van der Waals surface area contributed by atoms with Gasteiger partial charge in [0.25, 0.3) is 5.91 Å². The minimum atomic E-state index is 0.126. The van der Waals surface area contributed by atoms with E-state index in [2.05, 4.69) is 34.1 Å². The van der Waals surface area contributed by atoms with Crippen LogP contribution in [0.5, 0.6) is 0 Å². The van der Waals surface area contributed by atoms with Crippen LogP contribution < -0.4 is 0 Å². The van der Waals surface area contributed by atoms with Crippen LogP contribution in [0.3, 0.4) is 0 Å². The van der Waals surface area contributed by atoms with Gasteiger partial charge in [-0.25, -0.2) is 0 Å². The molecule has 0 unspecified atom stereocenters. The molecule has 2 bridgehead atoms. The number of fused-ring (bicyclic) bond motifs is 4. The van der Waals surface area contributed by atoms with Crippen LogP contribution in [0.25, 0.3) is 0 Å². The van der Waals surface area contributed by atoms with Crippen LogP contribution in [0.4, 0.5) is 0 Å². The van der Waals surface area contributed by atoms with Crippen molar-refractivity contribution in [3.63, 3.8) is 0 Å². The molecule has 0 aliphatic carbocycles. The van der Waals surface area contributed by atoms with Gasteiger partial charge in [-0.3, -0.25) is 9.59 Å². The Balaban J connectivity index is 1.45. The summed E-state index contributed by atoms with van der Waals surface area (Å²) in [6.45, 7) is 1.52. The van der Waals surface area contributed by atoms with E-state index in [1.54, 1.807) is 0 Å². The predicted molar refractivity (Wildman–Crippen MR) is 111 cm³/mol. The highest BCUT2D eigenvalue weighted by Gasteiger charge is 2.50. The molecule has 5 rings (SSSR count). The number of nitrogens with zero attached hydrogens (tertiary/aromatic N) is 3. The molecule has 1 aromatic heterocycles. The number of amides is 2. The van der Waals surface area contributed by atoms with Gasteiger partial charge in [0.1, 0.15) is 5.69 Å². The third-order valence-corrected chi connectivity index (χ3v) is 7.23. The fourth-order valence-corrected chi connectivity index (χ4v) is 5.90. The topological polar surface area (TPSA) is 45.6 Å². The number of hydrogen-bond acceptors (Lipinski definition) is 2. The van der Waals surface area contributed by atoms with E-state index in [1.165, 1.54) is 5.56 Å². The second-order valence-corrected chi connectivity index (χ2v) is 8.99. The molecule has 3 saturated heterocycles. The Hall–Kier alpha value is -2.56. The van der Waals surface area contributed by atoms with Gasteiger partial charge in [-0.05, 0) is 55.2 Å². The molecule has 1 aromatic carbocycles. The molecule has 0 saturated carbocycles. The molecule has 3 fully saturated rings. The third-order valence-electron chi connectivity index (χ3n) is 7.23. The molecule has 29 heavy (non-hydrogen) atoms. The highest BCUT2D eigenvalue weighted by atomic mass is 16.2. The van der Waals surface area contributed by atoms with Crippen molar-refractivity contribution in [1.29, 1.82) is 0 Å². The standard InChI is InChI=1S/C24H29N3O2/c1-25-12-6-10-21(25)24(29)26-15-18-14-19(16-26)22(13-17-7-3-2-4-8-17)27-20(18)9-5-11-23(27)28/h2-4,6-8,10,12,18-20,22H,5,9,11,13-16H2,1H3/t18-,19+,20+,22+/m1/s1. The minimum absolute atomic E-state index is 0.126. The fourth-order valence-electron chi connectivity index (χ4n) is 5.90.